The highest BCUT2D eigenvalue weighted by molar-refractivity contribution is 8.00. The first-order valence-electron chi connectivity index (χ1n) is 20.9. The molecular formula is C54H43F2N3S3. The monoisotopic (exact) mass is 867 g/mol. The van der Waals surface area contributed by atoms with Crippen molar-refractivity contribution in [3.8, 4) is 72.8 Å². The van der Waals surface area contributed by atoms with Gasteiger partial charge in [-0.15, -0.1) is 23.5 Å². The number of nitrogens with zero attached hydrogens (tertiary/aromatic N) is 3. The van der Waals surface area contributed by atoms with E-state index in [1.165, 1.54) is 15.4 Å². The Balaban J connectivity index is 1.01. The zero-order chi connectivity index (χ0) is 43.2. The summed E-state index contributed by atoms with van der Waals surface area (Å²) < 4.78 is 43.0. The molecule has 0 spiro atoms. The highest BCUT2D eigenvalue weighted by atomic mass is 32.2. The Morgan fingerprint density at radius 3 is 1.24 bits per heavy atom. The molecule has 7 aromatic carbocycles. The molecule has 2 aliphatic carbocycles. The summed E-state index contributed by atoms with van der Waals surface area (Å²) >= 11 is 4.61. The third-order valence-corrected chi connectivity index (χ3v) is 15.2. The number of hydrogen-bond donors (Lipinski definition) is 0. The molecule has 2 aliphatic rings. The van der Waals surface area contributed by atoms with E-state index in [1.807, 2.05) is 66.8 Å². The Morgan fingerprint density at radius 2 is 0.839 bits per heavy atom. The third-order valence-electron chi connectivity index (χ3n) is 12.6. The van der Waals surface area contributed by atoms with Gasteiger partial charge in [0.2, 0.25) is 0 Å². The van der Waals surface area contributed by atoms with Crippen LogP contribution >= 0.6 is 35.3 Å². The Hall–Kier alpha value is -5.59. The topological polar surface area (TPSA) is 49.6 Å². The van der Waals surface area contributed by atoms with Crippen LogP contribution in [0.3, 0.4) is 0 Å². The van der Waals surface area contributed by atoms with Gasteiger partial charge in [0.1, 0.15) is 16.4 Å². The van der Waals surface area contributed by atoms with E-state index < -0.39 is 22.5 Å². The van der Waals surface area contributed by atoms with Gasteiger partial charge in [0.15, 0.2) is 11.6 Å². The summed E-state index contributed by atoms with van der Waals surface area (Å²) in [6.07, 6.45) is 0. The third kappa shape index (κ3) is 6.43. The molecule has 3 nitrogen and oxygen atoms in total. The smallest absolute Gasteiger partial charge is 0.169 e. The van der Waals surface area contributed by atoms with Gasteiger partial charge < -0.3 is 0 Å². The number of hydrogen-bond acceptors (Lipinski definition) is 6. The molecule has 0 radical (unpaired) electrons. The van der Waals surface area contributed by atoms with E-state index in [0.717, 1.165) is 72.9 Å². The van der Waals surface area contributed by atoms with Crippen LogP contribution in [-0.4, -0.2) is 19.2 Å². The zero-order valence-corrected chi connectivity index (χ0v) is 38.0. The van der Waals surface area contributed by atoms with Gasteiger partial charge in [0.05, 0.1) is 17.8 Å². The minimum atomic E-state index is -1.02. The second-order valence-electron chi connectivity index (χ2n) is 17.6. The zero-order valence-electron chi connectivity index (χ0n) is 35.5. The van der Waals surface area contributed by atoms with Crippen LogP contribution in [-0.2, 0) is 10.8 Å². The summed E-state index contributed by atoms with van der Waals surface area (Å²) in [6, 6.07) is 44.2. The second-order valence-corrected chi connectivity index (χ2v) is 21.5. The van der Waals surface area contributed by atoms with Crippen molar-refractivity contribution >= 4 is 46.3 Å². The van der Waals surface area contributed by atoms with E-state index >= 15 is 8.78 Å². The quantitative estimate of drug-likeness (QED) is 0.142. The van der Waals surface area contributed by atoms with Gasteiger partial charge in [-0.1, -0.05) is 114 Å². The number of nitriles is 1. The number of fused-ring (bicyclic) bond motifs is 7. The number of rotatable bonds is 8. The van der Waals surface area contributed by atoms with Gasteiger partial charge in [0.25, 0.3) is 0 Å². The van der Waals surface area contributed by atoms with E-state index in [0.29, 0.717) is 32.7 Å². The van der Waals surface area contributed by atoms with E-state index in [1.54, 1.807) is 0 Å². The lowest BCUT2D eigenvalue weighted by Gasteiger charge is -2.23. The summed E-state index contributed by atoms with van der Waals surface area (Å²) in [5.74, 6) is -1.95. The first kappa shape index (κ1) is 40.5. The molecule has 306 valence electrons. The maximum absolute atomic E-state index is 16.9. The summed E-state index contributed by atoms with van der Waals surface area (Å²) in [4.78, 5) is 2.46. The van der Waals surface area contributed by atoms with E-state index in [9.17, 15) is 5.26 Å². The highest BCUT2D eigenvalue weighted by Gasteiger charge is 2.41. The summed E-state index contributed by atoms with van der Waals surface area (Å²) in [7, 11) is 0. The molecular weight excluding hydrogens is 825 g/mol. The van der Waals surface area contributed by atoms with Crippen molar-refractivity contribution in [1.82, 2.24) is 8.75 Å². The van der Waals surface area contributed by atoms with Gasteiger partial charge in [-0.25, -0.2) is 8.78 Å². The van der Waals surface area contributed by atoms with E-state index in [4.69, 9.17) is 0 Å². The van der Waals surface area contributed by atoms with Crippen LogP contribution in [0, 0.1) is 23.0 Å². The molecule has 1 aromatic heterocycles. The molecule has 1 unspecified atom stereocenters. The van der Waals surface area contributed by atoms with Crippen LogP contribution in [0.1, 0.15) is 70.7 Å². The molecule has 1 heterocycles. The van der Waals surface area contributed by atoms with Crippen molar-refractivity contribution in [2.24, 2.45) is 0 Å². The van der Waals surface area contributed by atoms with E-state index in [-0.39, 0.29) is 11.1 Å². The van der Waals surface area contributed by atoms with Crippen molar-refractivity contribution in [3.63, 3.8) is 0 Å². The first-order chi connectivity index (χ1) is 29.8. The number of benzene rings is 7. The lowest BCUT2D eigenvalue weighted by atomic mass is 9.80. The maximum atomic E-state index is 16.9. The van der Waals surface area contributed by atoms with E-state index in [2.05, 4.69) is 141 Å². The number of aromatic nitrogens is 2. The van der Waals surface area contributed by atoms with Gasteiger partial charge in [-0.05, 0) is 133 Å². The van der Waals surface area contributed by atoms with Crippen LogP contribution in [0.4, 0.5) is 8.78 Å². The van der Waals surface area contributed by atoms with Crippen molar-refractivity contribution in [3.05, 3.63) is 155 Å². The fraction of sp³-hybridized carbons (Fsp3) is 0.204. The Bertz CT molecular complexity index is 3160. The van der Waals surface area contributed by atoms with Gasteiger partial charge in [-0.2, -0.15) is 14.0 Å². The molecule has 0 fully saturated rings. The number of thioether (sulfide) groups is 2. The van der Waals surface area contributed by atoms with Crippen molar-refractivity contribution in [2.75, 3.05) is 0 Å². The molecule has 0 aliphatic heterocycles. The average Bonchev–Trinajstić information content (AvgIpc) is 3.90. The minimum absolute atomic E-state index is 0.0475. The normalized spacial score (nSPS) is 15.8. The van der Waals surface area contributed by atoms with Crippen LogP contribution in [0.2, 0.25) is 0 Å². The highest BCUT2D eigenvalue weighted by Crippen LogP contribution is 2.53. The summed E-state index contributed by atoms with van der Waals surface area (Å²) in [5, 5.41) is 11.8. The van der Waals surface area contributed by atoms with Crippen molar-refractivity contribution in [1.29, 1.82) is 5.26 Å². The van der Waals surface area contributed by atoms with Gasteiger partial charge in [-0.3, -0.25) is 0 Å². The fourth-order valence-electron chi connectivity index (χ4n) is 9.53. The molecule has 0 amide bonds. The molecule has 0 saturated carbocycles. The molecule has 8 aromatic rings. The molecule has 62 heavy (non-hydrogen) atoms. The molecule has 0 N–H and O–H groups in total. The fourth-order valence-corrected chi connectivity index (χ4v) is 11.8. The Morgan fingerprint density at radius 1 is 0.500 bits per heavy atom. The average molecular weight is 868 g/mol. The van der Waals surface area contributed by atoms with Crippen LogP contribution in [0.5, 0.6) is 0 Å². The molecule has 0 saturated heterocycles. The first-order valence-corrected chi connectivity index (χ1v) is 23.4. The lowest BCUT2D eigenvalue weighted by Crippen LogP contribution is -2.18. The summed E-state index contributed by atoms with van der Waals surface area (Å²) in [5.41, 5.74) is 12.7. The molecule has 10 rings (SSSR count). The lowest BCUT2D eigenvalue weighted by molar-refractivity contribution is 0.515. The Labute approximate surface area is 374 Å². The largest absolute Gasteiger partial charge is 0.203 e. The van der Waals surface area contributed by atoms with Crippen molar-refractivity contribution in [2.45, 2.75) is 79.6 Å². The maximum Gasteiger partial charge on any atom is 0.169 e. The van der Waals surface area contributed by atoms with Gasteiger partial charge >= 0.3 is 0 Å². The predicted molar refractivity (Wildman–Crippen MR) is 256 cm³/mol. The summed E-state index contributed by atoms with van der Waals surface area (Å²) in [6.45, 7) is 15.1. The SMILES string of the molecule is CC(C)Sc1ccc(-c2ccc3c(c2)C(C)(C)c2cc(-c4c(F)c(F)c(-c5ccc6c(c5)C(C)(C#N)c5cc(-c7ccc(SC(C)C)cc7)ccc5-6)c5nsnc45)ccc2-3)cc1. The predicted octanol–water partition coefficient (Wildman–Crippen LogP) is 15.8. The van der Waals surface area contributed by atoms with Crippen LogP contribution < -0.4 is 0 Å². The second kappa shape index (κ2) is 15.0. The number of halogens is 2. The van der Waals surface area contributed by atoms with Crippen molar-refractivity contribution < 1.29 is 8.78 Å². The standard InChI is InChI=1S/C54H43F2N3S3/c1-29(2)60-37-16-8-31(9-17-37)33-12-20-39-40-22-14-35(26-44(40)53(5,6)43(39)24-33)47-49(55)50(56)48(52-51(47)58-62-59-52)36-15-23-42-41-21-13-34(25-45(41)54(7,28-57)46(42)27-36)32-10-18-38(19-11-32)61-30(3)4/h8-27,29-30H,1-7H3. The molecule has 0 bridgehead atoms. The van der Waals surface area contributed by atoms with Gasteiger partial charge in [0, 0.05) is 36.8 Å². The minimum Gasteiger partial charge on any atom is -0.203 e. The molecule has 8 heteroatoms. The molecule has 1 atom stereocenters. The van der Waals surface area contributed by atoms with Crippen LogP contribution in [0.15, 0.2) is 131 Å². The Kier molecular flexibility index (Phi) is 9.82. The van der Waals surface area contributed by atoms with Crippen LogP contribution in [0.25, 0.3) is 77.8 Å².